The molecule has 0 radical (unpaired) electrons. The van der Waals surface area contributed by atoms with Gasteiger partial charge in [0.1, 0.15) is 11.9 Å². The summed E-state index contributed by atoms with van der Waals surface area (Å²) < 4.78 is 23.6. The molecular weight excluding hydrogens is 263 g/mol. The van der Waals surface area contributed by atoms with Crippen LogP contribution in [0, 0.1) is 5.82 Å². The summed E-state index contributed by atoms with van der Waals surface area (Å²) in [7, 11) is 0. The number of rotatable bonds is 4. The maximum Gasteiger partial charge on any atom is 0.265 e. The first kappa shape index (κ1) is 14.9. The van der Waals surface area contributed by atoms with Gasteiger partial charge in [-0.3, -0.25) is 9.80 Å². The minimum atomic E-state index is -0.564. The molecule has 6 heteroatoms. The van der Waals surface area contributed by atoms with Gasteiger partial charge >= 0.3 is 0 Å². The highest BCUT2D eigenvalue weighted by Gasteiger charge is 2.22. The molecule has 1 saturated heterocycles. The van der Waals surface area contributed by atoms with Crippen molar-refractivity contribution in [2.45, 2.75) is 19.6 Å². The number of halogens is 1. The molecule has 1 atom stereocenters. The topological polar surface area (TPSA) is 50.8 Å². The van der Waals surface area contributed by atoms with Crippen molar-refractivity contribution >= 4 is 5.91 Å². The molecule has 1 aromatic carbocycles. The average Bonchev–Trinajstić information content (AvgIpc) is 2.74. The van der Waals surface area contributed by atoms with E-state index in [0.29, 0.717) is 26.3 Å². The summed E-state index contributed by atoms with van der Waals surface area (Å²) >= 11 is 0. The number of hydrazine groups is 1. The van der Waals surface area contributed by atoms with Gasteiger partial charge in [-0.25, -0.2) is 9.82 Å². The fourth-order valence-corrected chi connectivity index (χ4v) is 1.87. The van der Waals surface area contributed by atoms with E-state index in [1.807, 2.05) is 0 Å². The Balaban J connectivity index is 1.82. The normalized spacial score (nSPS) is 17.6. The fraction of sp³-hybridized carbons (Fsp3) is 0.500. The maximum atomic E-state index is 12.8. The van der Waals surface area contributed by atoms with Gasteiger partial charge in [-0.05, 0) is 24.6 Å². The number of nitrogens with zero attached hydrogens (tertiary/aromatic N) is 1. The van der Waals surface area contributed by atoms with E-state index < -0.39 is 6.10 Å². The van der Waals surface area contributed by atoms with Gasteiger partial charge in [0.05, 0.1) is 26.4 Å². The summed E-state index contributed by atoms with van der Waals surface area (Å²) in [5, 5.41) is 1.53. The van der Waals surface area contributed by atoms with E-state index in [9.17, 15) is 9.18 Å². The number of hydrogen-bond acceptors (Lipinski definition) is 4. The highest BCUT2D eigenvalue weighted by Crippen LogP contribution is 2.07. The van der Waals surface area contributed by atoms with Crippen LogP contribution in [0.25, 0.3) is 0 Å². The highest BCUT2D eigenvalue weighted by atomic mass is 19.1. The SMILES string of the molecule is CC(OCc1ccc(F)cc1)C(=O)N1CCOCCN1. The standard InChI is InChI=1S/C14H19FN2O3/c1-11(14(18)17-7-9-19-8-6-16-17)20-10-12-2-4-13(15)5-3-12/h2-5,11,16H,6-10H2,1H3. The summed E-state index contributed by atoms with van der Waals surface area (Å²) in [6.45, 7) is 4.20. The quantitative estimate of drug-likeness (QED) is 0.898. The third-order valence-corrected chi connectivity index (χ3v) is 3.04. The van der Waals surface area contributed by atoms with Crippen molar-refractivity contribution in [1.82, 2.24) is 10.4 Å². The van der Waals surface area contributed by atoms with Crippen LogP contribution in [0.15, 0.2) is 24.3 Å². The van der Waals surface area contributed by atoms with Crippen LogP contribution in [0.3, 0.4) is 0 Å². The smallest absolute Gasteiger partial charge is 0.265 e. The number of nitrogens with one attached hydrogen (secondary N) is 1. The van der Waals surface area contributed by atoms with Crippen molar-refractivity contribution < 1.29 is 18.7 Å². The van der Waals surface area contributed by atoms with E-state index >= 15 is 0 Å². The van der Waals surface area contributed by atoms with Crippen molar-refractivity contribution in [3.8, 4) is 0 Å². The Labute approximate surface area is 117 Å². The lowest BCUT2D eigenvalue weighted by Crippen LogP contribution is -2.48. The monoisotopic (exact) mass is 282 g/mol. The number of hydrogen-bond donors (Lipinski definition) is 1. The molecule has 1 N–H and O–H groups in total. The second kappa shape index (κ2) is 7.33. The van der Waals surface area contributed by atoms with Crippen LogP contribution in [-0.2, 0) is 20.9 Å². The van der Waals surface area contributed by atoms with Crippen LogP contribution in [0.5, 0.6) is 0 Å². The summed E-state index contributed by atoms with van der Waals surface area (Å²) in [5.74, 6) is -0.413. The molecule has 1 aliphatic rings. The molecule has 1 fully saturated rings. The average molecular weight is 282 g/mol. The predicted molar refractivity (Wildman–Crippen MR) is 71.2 cm³/mol. The Morgan fingerprint density at radius 1 is 1.45 bits per heavy atom. The molecule has 1 unspecified atom stereocenters. The Hall–Kier alpha value is -1.50. The molecule has 1 aliphatic heterocycles. The van der Waals surface area contributed by atoms with Gasteiger partial charge in [0.2, 0.25) is 0 Å². The van der Waals surface area contributed by atoms with E-state index in [4.69, 9.17) is 9.47 Å². The maximum absolute atomic E-state index is 12.8. The van der Waals surface area contributed by atoms with Crippen molar-refractivity contribution in [3.05, 3.63) is 35.6 Å². The highest BCUT2D eigenvalue weighted by molar-refractivity contribution is 5.80. The molecule has 0 saturated carbocycles. The largest absolute Gasteiger partial charge is 0.378 e. The minimum absolute atomic E-state index is 0.127. The van der Waals surface area contributed by atoms with Crippen molar-refractivity contribution in [3.63, 3.8) is 0 Å². The predicted octanol–water partition coefficient (Wildman–Crippen LogP) is 1.09. The lowest BCUT2D eigenvalue weighted by molar-refractivity contribution is -0.146. The van der Waals surface area contributed by atoms with Crippen LogP contribution in [0.2, 0.25) is 0 Å². The molecule has 20 heavy (non-hydrogen) atoms. The zero-order valence-corrected chi connectivity index (χ0v) is 11.5. The van der Waals surface area contributed by atoms with Gasteiger partial charge < -0.3 is 9.47 Å². The first-order valence-corrected chi connectivity index (χ1v) is 6.65. The first-order valence-electron chi connectivity index (χ1n) is 6.65. The minimum Gasteiger partial charge on any atom is -0.378 e. The molecule has 1 amide bonds. The van der Waals surface area contributed by atoms with E-state index in [0.717, 1.165) is 5.56 Å². The van der Waals surface area contributed by atoms with Gasteiger partial charge in [-0.1, -0.05) is 12.1 Å². The van der Waals surface area contributed by atoms with Crippen molar-refractivity contribution in [2.75, 3.05) is 26.3 Å². The van der Waals surface area contributed by atoms with E-state index in [-0.39, 0.29) is 18.3 Å². The molecular formula is C14H19FN2O3. The van der Waals surface area contributed by atoms with E-state index in [1.165, 1.54) is 17.1 Å². The number of carbonyl (C=O) groups is 1. The second-order valence-corrected chi connectivity index (χ2v) is 4.59. The number of carbonyl (C=O) groups excluding carboxylic acids is 1. The van der Waals surface area contributed by atoms with Crippen LogP contribution in [0.4, 0.5) is 4.39 Å². The molecule has 1 aromatic rings. The fourth-order valence-electron chi connectivity index (χ4n) is 1.87. The number of ether oxygens (including phenoxy) is 2. The molecule has 0 bridgehead atoms. The van der Waals surface area contributed by atoms with Gasteiger partial charge in [-0.15, -0.1) is 0 Å². The number of benzene rings is 1. The Bertz CT molecular complexity index is 431. The summed E-state index contributed by atoms with van der Waals surface area (Å²) in [6.07, 6.45) is -0.564. The number of amides is 1. The van der Waals surface area contributed by atoms with E-state index in [2.05, 4.69) is 5.43 Å². The zero-order valence-electron chi connectivity index (χ0n) is 11.5. The summed E-state index contributed by atoms with van der Waals surface area (Å²) in [6, 6.07) is 6.03. The summed E-state index contributed by atoms with van der Waals surface area (Å²) in [5.41, 5.74) is 3.83. The van der Waals surface area contributed by atoms with Crippen LogP contribution in [0.1, 0.15) is 12.5 Å². The Kier molecular flexibility index (Phi) is 5.46. The van der Waals surface area contributed by atoms with Crippen molar-refractivity contribution in [1.29, 1.82) is 0 Å². The first-order chi connectivity index (χ1) is 9.66. The summed E-state index contributed by atoms with van der Waals surface area (Å²) in [4.78, 5) is 12.1. The molecule has 5 nitrogen and oxygen atoms in total. The van der Waals surface area contributed by atoms with Gasteiger partial charge in [0.25, 0.3) is 5.91 Å². The lowest BCUT2D eigenvalue weighted by Gasteiger charge is -2.24. The molecule has 0 aromatic heterocycles. The van der Waals surface area contributed by atoms with Crippen LogP contribution < -0.4 is 5.43 Å². The Morgan fingerprint density at radius 2 is 2.20 bits per heavy atom. The lowest BCUT2D eigenvalue weighted by atomic mass is 10.2. The molecule has 0 aliphatic carbocycles. The second-order valence-electron chi connectivity index (χ2n) is 4.59. The Morgan fingerprint density at radius 3 is 2.95 bits per heavy atom. The zero-order chi connectivity index (χ0) is 14.4. The molecule has 2 rings (SSSR count). The molecule has 110 valence electrons. The van der Waals surface area contributed by atoms with Crippen LogP contribution >= 0.6 is 0 Å². The third kappa shape index (κ3) is 4.26. The van der Waals surface area contributed by atoms with Crippen molar-refractivity contribution in [2.24, 2.45) is 0 Å². The van der Waals surface area contributed by atoms with Gasteiger partial charge in [0, 0.05) is 6.54 Å². The molecule has 1 heterocycles. The van der Waals surface area contributed by atoms with E-state index in [1.54, 1.807) is 19.1 Å². The third-order valence-electron chi connectivity index (χ3n) is 3.04. The molecule has 0 spiro atoms. The van der Waals surface area contributed by atoms with Crippen LogP contribution in [-0.4, -0.2) is 43.3 Å². The van der Waals surface area contributed by atoms with Gasteiger partial charge in [0.15, 0.2) is 0 Å². The van der Waals surface area contributed by atoms with Gasteiger partial charge in [-0.2, -0.15) is 0 Å².